The van der Waals surface area contributed by atoms with Crippen molar-refractivity contribution < 1.29 is 31.5 Å². The van der Waals surface area contributed by atoms with Gasteiger partial charge in [0.25, 0.3) is 5.91 Å². The minimum absolute atomic E-state index is 0.0123. The van der Waals surface area contributed by atoms with E-state index in [1.165, 1.54) is 12.1 Å². The van der Waals surface area contributed by atoms with Gasteiger partial charge in [-0.05, 0) is 83.3 Å². The molecule has 3 aromatic rings. The summed E-state index contributed by atoms with van der Waals surface area (Å²) in [6, 6.07) is 13.1. The number of unbranched alkanes of at least 4 members (excludes halogenated alkanes) is 1. The number of piperidine rings is 1. The number of fused-ring (bicyclic) bond motifs is 4. The normalized spacial score (nSPS) is 18.1. The first-order valence-electron chi connectivity index (χ1n) is 14.7. The second kappa shape index (κ2) is 11.3. The fourth-order valence-electron chi connectivity index (χ4n) is 6.82. The van der Waals surface area contributed by atoms with Gasteiger partial charge in [0.1, 0.15) is 18.2 Å². The van der Waals surface area contributed by atoms with Crippen LogP contribution in [0.3, 0.4) is 0 Å². The predicted molar refractivity (Wildman–Crippen MR) is 153 cm³/mol. The molecule has 1 atom stereocenters. The molecular formula is C33H32F5N3O2. The molecule has 6 rings (SSSR count). The minimum atomic E-state index is -4.63. The highest BCUT2D eigenvalue weighted by Gasteiger charge is 2.41. The molecule has 0 bridgehead atoms. The van der Waals surface area contributed by atoms with E-state index in [4.69, 9.17) is 0 Å². The average Bonchev–Trinajstić information content (AvgIpc) is 3.49. The van der Waals surface area contributed by atoms with E-state index in [2.05, 4.69) is 0 Å². The molecule has 0 saturated carbocycles. The monoisotopic (exact) mass is 597 g/mol. The van der Waals surface area contributed by atoms with E-state index in [0.717, 1.165) is 23.6 Å². The summed E-state index contributed by atoms with van der Waals surface area (Å²) in [5.74, 6) is -3.32. The smallest absolute Gasteiger partial charge is 0.369 e. The van der Waals surface area contributed by atoms with Gasteiger partial charge in [-0.1, -0.05) is 37.6 Å². The molecule has 1 aliphatic carbocycles. The fourth-order valence-corrected chi connectivity index (χ4v) is 6.82. The first-order chi connectivity index (χ1) is 20.6. The molecule has 2 heterocycles. The summed E-state index contributed by atoms with van der Waals surface area (Å²) in [5.41, 5.74) is 3.95. The second-order valence-electron chi connectivity index (χ2n) is 11.6. The lowest BCUT2D eigenvalue weighted by Gasteiger charge is -2.38. The Bertz CT molecular complexity index is 1580. The van der Waals surface area contributed by atoms with Crippen LogP contribution < -0.4 is 10.2 Å². The second-order valence-corrected chi connectivity index (χ2v) is 11.6. The quantitative estimate of drug-likeness (QED) is 0.308. The highest BCUT2D eigenvalue weighted by atomic mass is 19.4. The number of carbonyl (C=O) groups is 2. The van der Waals surface area contributed by atoms with E-state index < -0.39 is 36.2 Å². The number of alkyl halides is 3. The van der Waals surface area contributed by atoms with Crippen molar-refractivity contribution in [2.45, 2.75) is 63.7 Å². The maximum Gasteiger partial charge on any atom is 0.405 e. The average molecular weight is 598 g/mol. The Hall–Kier alpha value is -3.95. The first-order valence-corrected chi connectivity index (χ1v) is 14.7. The Labute approximate surface area is 246 Å². The van der Waals surface area contributed by atoms with Crippen LogP contribution in [0, 0.1) is 11.6 Å². The van der Waals surface area contributed by atoms with Gasteiger partial charge >= 0.3 is 6.18 Å². The fraction of sp³-hybridized carbons (Fsp3) is 0.394. The predicted octanol–water partition coefficient (Wildman–Crippen LogP) is 6.72. The van der Waals surface area contributed by atoms with E-state index in [1.807, 2.05) is 46.3 Å². The van der Waals surface area contributed by atoms with Crippen molar-refractivity contribution in [1.82, 2.24) is 10.2 Å². The minimum Gasteiger partial charge on any atom is -0.369 e. The number of halogens is 5. The van der Waals surface area contributed by atoms with Gasteiger partial charge in [-0.25, -0.2) is 8.78 Å². The topological polar surface area (TPSA) is 52.7 Å². The van der Waals surface area contributed by atoms with E-state index >= 15 is 4.39 Å². The molecule has 1 fully saturated rings. The highest BCUT2D eigenvalue weighted by Crippen LogP contribution is 2.50. The van der Waals surface area contributed by atoms with Gasteiger partial charge in [0.15, 0.2) is 0 Å². The molecule has 226 valence electrons. The lowest BCUT2D eigenvalue weighted by atomic mass is 9.88. The molecular weight excluding hydrogens is 565 g/mol. The van der Waals surface area contributed by atoms with E-state index in [1.54, 1.807) is 6.07 Å². The van der Waals surface area contributed by atoms with Crippen molar-refractivity contribution in [3.05, 3.63) is 88.0 Å². The van der Waals surface area contributed by atoms with Gasteiger partial charge in [-0.2, -0.15) is 13.2 Å². The number of nitrogens with one attached hydrogen (secondary N) is 1. The molecule has 1 saturated heterocycles. The summed E-state index contributed by atoms with van der Waals surface area (Å²) in [5, 5.41) is 1.94. The van der Waals surface area contributed by atoms with Gasteiger partial charge in [0.05, 0.1) is 11.6 Å². The molecule has 2 aliphatic heterocycles. The molecule has 1 N–H and O–H groups in total. The number of carbonyl (C=O) groups excluding carboxylic acids is 2. The van der Waals surface area contributed by atoms with E-state index in [0.29, 0.717) is 61.3 Å². The van der Waals surface area contributed by atoms with Crippen molar-refractivity contribution in [2.75, 3.05) is 24.5 Å². The first kappa shape index (κ1) is 29.1. The molecule has 3 aliphatic rings. The Morgan fingerprint density at radius 2 is 1.74 bits per heavy atom. The van der Waals surface area contributed by atoms with E-state index in [-0.39, 0.29) is 29.5 Å². The summed E-state index contributed by atoms with van der Waals surface area (Å²) in [6.07, 6.45) is -1.71. The zero-order valence-corrected chi connectivity index (χ0v) is 23.7. The van der Waals surface area contributed by atoms with Crippen LogP contribution in [0.5, 0.6) is 0 Å². The molecule has 3 aromatic carbocycles. The Morgan fingerprint density at radius 3 is 2.44 bits per heavy atom. The molecule has 5 nitrogen and oxygen atoms in total. The summed E-state index contributed by atoms with van der Waals surface area (Å²) < 4.78 is 69.9. The number of benzene rings is 3. The zero-order valence-electron chi connectivity index (χ0n) is 23.7. The van der Waals surface area contributed by atoms with E-state index in [9.17, 15) is 27.2 Å². The zero-order chi connectivity index (χ0) is 30.5. The summed E-state index contributed by atoms with van der Waals surface area (Å²) in [6.45, 7) is 1.97. The maximum absolute atomic E-state index is 16.5. The van der Waals surface area contributed by atoms with Crippen LogP contribution in [-0.4, -0.2) is 48.6 Å². The standard InChI is InChI=1S/C33H32F5N3O2/c1-2-3-7-24-28-26(23-10-9-20(34)15-25(23)29(28)31(42)39-18-33(36,37)38)16-27(30(24)35)40-13-11-21(12-14-40)41-17-19-6-4-5-8-22(19)32(41)43/h4-6,8-10,15-16,21,29H,2-3,7,11-14,17-18H2,1H3,(H,39,42). The SMILES string of the molecule is CCCCc1c(F)c(N2CCC(N3Cc4ccccc4C3=O)CC2)cc2c1C(C(=O)NCC(F)(F)F)c1cc(F)ccc1-2. The van der Waals surface area contributed by atoms with Crippen molar-refractivity contribution >= 4 is 17.5 Å². The van der Waals surface area contributed by atoms with Crippen LogP contribution in [0.15, 0.2) is 48.5 Å². The molecule has 1 unspecified atom stereocenters. The maximum atomic E-state index is 16.5. The molecule has 0 aromatic heterocycles. The number of rotatable bonds is 7. The Balaban J connectivity index is 1.33. The van der Waals surface area contributed by atoms with Crippen LogP contribution in [0.4, 0.5) is 27.6 Å². The van der Waals surface area contributed by atoms with Gasteiger partial charge in [0, 0.05) is 31.2 Å². The van der Waals surface area contributed by atoms with Crippen molar-refractivity contribution in [2.24, 2.45) is 0 Å². The summed E-state index contributed by atoms with van der Waals surface area (Å²) in [4.78, 5) is 30.1. The Kier molecular flexibility index (Phi) is 7.64. The molecule has 0 radical (unpaired) electrons. The van der Waals surface area contributed by atoms with Crippen LogP contribution >= 0.6 is 0 Å². The van der Waals surface area contributed by atoms with Crippen molar-refractivity contribution in [3.63, 3.8) is 0 Å². The molecule has 2 amide bonds. The van der Waals surface area contributed by atoms with Crippen LogP contribution in [0.1, 0.15) is 71.1 Å². The van der Waals surface area contributed by atoms with Gasteiger partial charge in [-0.3, -0.25) is 9.59 Å². The summed E-state index contributed by atoms with van der Waals surface area (Å²) in [7, 11) is 0. The third-order valence-electron chi connectivity index (χ3n) is 8.89. The highest BCUT2D eigenvalue weighted by molar-refractivity contribution is 5.99. The van der Waals surface area contributed by atoms with Crippen LogP contribution in [0.2, 0.25) is 0 Å². The van der Waals surface area contributed by atoms with Crippen molar-refractivity contribution in [3.8, 4) is 11.1 Å². The third-order valence-corrected chi connectivity index (χ3v) is 8.89. The number of hydrogen-bond donors (Lipinski definition) is 1. The lowest BCUT2D eigenvalue weighted by molar-refractivity contribution is -0.138. The lowest BCUT2D eigenvalue weighted by Crippen LogP contribution is -2.45. The van der Waals surface area contributed by atoms with Gasteiger partial charge < -0.3 is 15.1 Å². The van der Waals surface area contributed by atoms with Crippen LogP contribution in [-0.2, 0) is 17.8 Å². The third kappa shape index (κ3) is 5.36. The molecule has 10 heteroatoms. The Morgan fingerprint density at radius 1 is 1.00 bits per heavy atom. The number of anilines is 1. The van der Waals surface area contributed by atoms with Crippen molar-refractivity contribution in [1.29, 1.82) is 0 Å². The number of amides is 2. The number of hydrogen-bond acceptors (Lipinski definition) is 3. The molecule has 0 spiro atoms. The van der Waals surface area contributed by atoms with Gasteiger partial charge in [0.2, 0.25) is 5.91 Å². The van der Waals surface area contributed by atoms with Gasteiger partial charge in [-0.15, -0.1) is 0 Å². The summed E-state index contributed by atoms with van der Waals surface area (Å²) >= 11 is 0. The molecule has 43 heavy (non-hydrogen) atoms. The van der Waals surface area contributed by atoms with Crippen LogP contribution in [0.25, 0.3) is 11.1 Å². The number of nitrogens with zero attached hydrogens (tertiary/aromatic N) is 2. The largest absolute Gasteiger partial charge is 0.405 e.